The molecule has 22 heteroatoms. The Kier molecular flexibility index (Phi) is 11.9. The van der Waals surface area contributed by atoms with Gasteiger partial charge >= 0.3 is 23.0 Å². The summed E-state index contributed by atoms with van der Waals surface area (Å²) in [5.41, 5.74) is -2.75. The molecule has 0 aliphatic carbocycles. The Morgan fingerprint density at radius 3 is 1.67 bits per heavy atom. The van der Waals surface area contributed by atoms with E-state index in [1.807, 2.05) is 0 Å². The molecule has 0 spiro atoms. The number of rotatable bonds is 8. The van der Waals surface area contributed by atoms with Gasteiger partial charge in [0.15, 0.2) is 0 Å². The van der Waals surface area contributed by atoms with E-state index in [0.717, 1.165) is 29.7 Å². The first-order valence-electron chi connectivity index (χ1n) is 15.8. The van der Waals surface area contributed by atoms with E-state index in [9.17, 15) is 63.7 Å². The van der Waals surface area contributed by atoms with Crippen LogP contribution in [-0.4, -0.2) is 38.0 Å². The summed E-state index contributed by atoms with van der Waals surface area (Å²) in [6.45, 7) is 0. The van der Waals surface area contributed by atoms with E-state index in [1.165, 1.54) is 12.1 Å². The van der Waals surface area contributed by atoms with Gasteiger partial charge in [0.05, 0.1) is 37.1 Å². The number of phenols is 2. The van der Waals surface area contributed by atoms with Gasteiger partial charge in [-0.25, -0.2) is 8.42 Å². The van der Waals surface area contributed by atoms with Crippen LogP contribution >= 0.6 is 0 Å². The standard InChI is InChI=1S/C20H13N3O7S.C16H10N4O6.Cr/c24-16-8-5-11-3-1-2-4-13(11)19(16)21-22-20-14-7-6-12(23(26)27)9-15(14)18(10-17(20)25)31(28,29)30;21-14-6-5-9-3-1-2-4-11(9)15(14)18-17-12-7-10(19(23)24)8-13(16(12)22)20(25)26;/h1-10,24-25H,(H,28,29,30);1-8,21-22H;/q;;+3/p-3. The summed E-state index contributed by atoms with van der Waals surface area (Å²) >= 11 is 0. The van der Waals surface area contributed by atoms with Gasteiger partial charge in [-0.15, -0.1) is 10.2 Å². The van der Waals surface area contributed by atoms with Crippen LogP contribution in [-0.2, 0) is 27.5 Å². The zero-order valence-electron chi connectivity index (χ0n) is 28.7. The molecule has 0 fully saturated rings. The zero-order valence-corrected chi connectivity index (χ0v) is 30.8. The second kappa shape index (κ2) is 16.6. The molecule has 289 valence electrons. The van der Waals surface area contributed by atoms with E-state index in [0.29, 0.717) is 28.3 Å². The van der Waals surface area contributed by atoms with Crippen LogP contribution in [0.3, 0.4) is 0 Å². The first-order valence-corrected chi connectivity index (χ1v) is 17.2. The summed E-state index contributed by atoms with van der Waals surface area (Å²) in [6, 6.07) is 24.9. The molecule has 58 heavy (non-hydrogen) atoms. The molecule has 0 amide bonds. The van der Waals surface area contributed by atoms with E-state index >= 15 is 0 Å². The number of benzene rings is 7. The molecule has 0 unspecified atom stereocenters. The maximum absolute atomic E-state index is 12.5. The average Bonchev–Trinajstić information content (AvgIpc) is 3.17. The Labute approximate surface area is 334 Å². The second-order valence-electron chi connectivity index (χ2n) is 11.7. The number of hydrogen-bond donors (Lipinski definition) is 2. The molecule has 0 heterocycles. The Balaban J connectivity index is 0.000000221. The number of nitro groups is 3. The van der Waals surface area contributed by atoms with Gasteiger partial charge in [-0.3, -0.25) is 30.3 Å². The molecule has 20 nitrogen and oxygen atoms in total. The van der Waals surface area contributed by atoms with Crippen LogP contribution in [0.1, 0.15) is 0 Å². The predicted octanol–water partition coefficient (Wildman–Crippen LogP) is 7.85. The number of phenolic OH excluding ortho intramolecular Hbond substituents is 2. The van der Waals surface area contributed by atoms with E-state index in [-0.39, 0.29) is 50.9 Å². The molecule has 0 aromatic heterocycles. The number of non-ortho nitro benzene ring substituents is 2. The zero-order chi connectivity index (χ0) is 41.2. The molecule has 7 rings (SSSR count). The van der Waals surface area contributed by atoms with Crippen LogP contribution in [0.2, 0.25) is 0 Å². The molecule has 0 aliphatic heterocycles. The molecule has 7 aromatic rings. The largest absolute Gasteiger partial charge is 3.00 e. The molecule has 7 aromatic carbocycles. The molecular formula is C36H20CrN7O13S. The number of nitro benzene ring substituents is 3. The minimum atomic E-state index is -5.11. The summed E-state index contributed by atoms with van der Waals surface area (Å²) in [6.07, 6.45) is 0. The van der Waals surface area contributed by atoms with Crippen LogP contribution in [0.4, 0.5) is 39.8 Å². The SMILES string of the molecule is O=[N+]([O-])c1cc(N=Nc2c(O)ccc3ccccc23)c(O)c([N+](=O)[O-])c1.O=[N+]([O-])c1ccc2c(N=Nc3c([O-])ccc4ccccc34)c([O-])cc(S(=O)(=O)[O-])c2c1.[Cr+3]. The van der Waals surface area contributed by atoms with Crippen molar-refractivity contribution < 1.29 is 65.5 Å². The minimum absolute atomic E-state index is 0. The number of nitrogens with zero attached hydrogens (tertiary/aromatic N) is 7. The number of azo groups is 2. The van der Waals surface area contributed by atoms with Gasteiger partial charge < -0.3 is 25.0 Å². The third-order valence-corrected chi connectivity index (χ3v) is 9.09. The van der Waals surface area contributed by atoms with E-state index in [4.69, 9.17) is 0 Å². The summed E-state index contributed by atoms with van der Waals surface area (Å²) < 4.78 is 34.8. The fourth-order valence-corrected chi connectivity index (χ4v) is 6.26. The maximum Gasteiger partial charge on any atom is 3.00 e. The molecule has 0 aliphatic rings. The fraction of sp³-hybridized carbons (Fsp3) is 0. The summed E-state index contributed by atoms with van der Waals surface area (Å²) in [7, 11) is -5.11. The summed E-state index contributed by atoms with van der Waals surface area (Å²) in [5, 5.41) is 95.1. The van der Waals surface area contributed by atoms with E-state index < -0.39 is 69.8 Å². The quantitative estimate of drug-likeness (QED) is 0.0637. The van der Waals surface area contributed by atoms with Crippen LogP contribution in [0.25, 0.3) is 32.3 Å². The minimum Gasteiger partial charge on any atom is -0.871 e. The number of hydrogen-bond acceptors (Lipinski definition) is 17. The van der Waals surface area contributed by atoms with E-state index in [1.54, 1.807) is 60.7 Å². The topological polar surface area (TPSA) is 323 Å². The fourth-order valence-electron chi connectivity index (χ4n) is 5.57. The molecule has 0 saturated heterocycles. The van der Waals surface area contributed by atoms with Crippen molar-refractivity contribution in [3.63, 3.8) is 0 Å². The number of aromatic hydroxyl groups is 2. The van der Waals surface area contributed by atoms with Crippen molar-refractivity contribution in [3.05, 3.63) is 140 Å². The Bertz CT molecular complexity index is 3000. The van der Waals surface area contributed by atoms with Crippen molar-refractivity contribution in [3.8, 4) is 23.0 Å². The van der Waals surface area contributed by atoms with Crippen LogP contribution in [0.15, 0.2) is 135 Å². The smallest absolute Gasteiger partial charge is 0.871 e. The van der Waals surface area contributed by atoms with Gasteiger partial charge in [0.2, 0.25) is 5.75 Å². The monoisotopic (exact) mass is 842 g/mol. The maximum atomic E-state index is 12.5. The van der Waals surface area contributed by atoms with Gasteiger partial charge in [0.1, 0.15) is 27.2 Å². The second-order valence-corrected chi connectivity index (χ2v) is 13.0. The van der Waals surface area contributed by atoms with Crippen molar-refractivity contribution in [1.29, 1.82) is 0 Å². The van der Waals surface area contributed by atoms with Crippen molar-refractivity contribution in [2.45, 2.75) is 4.90 Å². The van der Waals surface area contributed by atoms with Crippen LogP contribution < -0.4 is 10.2 Å². The average molecular weight is 843 g/mol. The predicted molar refractivity (Wildman–Crippen MR) is 197 cm³/mol. The normalized spacial score (nSPS) is 11.4. The third-order valence-electron chi connectivity index (χ3n) is 8.21. The van der Waals surface area contributed by atoms with Crippen molar-refractivity contribution in [2.24, 2.45) is 20.5 Å². The first-order chi connectivity index (χ1) is 27.0. The van der Waals surface area contributed by atoms with Gasteiger partial charge in [-0.1, -0.05) is 78.2 Å². The van der Waals surface area contributed by atoms with Gasteiger partial charge in [0.25, 0.3) is 11.4 Å². The van der Waals surface area contributed by atoms with Gasteiger partial charge in [-0.2, -0.15) is 10.2 Å². The van der Waals surface area contributed by atoms with Crippen LogP contribution in [0, 0.1) is 30.3 Å². The van der Waals surface area contributed by atoms with Gasteiger partial charge in [-0.05, 0) is 29.0 Å². The Morgan fingerprint density at radius 2 is 1.09 bits per heavy atom. The molecule has 1 radical (unpaired) electrons. The third kappa shape index (κ3) is 8.44. The molecular weight excluding hydrogens is 822 g/mol. The number of fused-ring (bicyclic) bond motifs is 3. The molecule has 0 saturated carbocycles. The summed E-state index contributed by atoms with van der Waals surface area (Å²) in [4.78, 5) is 29.5. The van der Waals surface area contributed by atoms with Crippen LogP contribution in [0.5, 0.6) is 23.0 Å². The first kappa shape index (κ1) is 41.5. The molecule has 0 bridgehead atoms. The molecule has 0 atom stereocenters. The summed E-state index contributed by atoms with van der Waals surface area (Å²) in [5.74, 6) is -2.45. The Morgan fingerprint density at radius 1 is 0.534 bits per heavy atom. The van der Waals surface area contributed by atoms with Crippen molar-refractivity contribution >= 4 is 82.2 Å². The van der Waals surface area contributed by atoms with Crippen molar-refractivity contribution in [1.82, 2.24) is 0 Å². The van der Waals surface area contributed by atoms with Gasteiger partial charge in [0, 0.05) is 39.7 Å². The van der Waals surface area contributed by atoms with Crippen molar-refractivity contribution in [2.75, 3.05) is 0 Å². The molecule has 2 N–H and O–H groups in total. The Hall–Kier alpha value is -7.64. The van der Waals surface area contributed by atoms with E-state index in [2.05, 4.69) is 20.5 Å².